The van der Waals surface area contributed by atoms with E-state index in [4.69, 9.17) is 0 Å². The molecular formula is C16H22F3N. The summed E-state index contributed by atoms with van der Waals surface area (Å²) in [6.07, 6.45) is 1.92. The highest BCUT2D eigenvalue weighted by Gasteiger charge is 2.30. The molecule has 1 aromatic carbocycles. The van der Waals surface area contributed by atoms with Crippen molar-refractivity contribution in [2.24, 2.45) is 5.92 Å². The summed E-state index contributed by atoms with van der Waals surface area (Å²) >= 11 is 0. The maximum absolute atomic E-state index is 12.5. The molecule has 0 saturated heterocycles. The monoisotopic (exact) mass is 285 g/mol. The van der Waals surface area contributed by atoms with Crippen molar-refractivity contribution in [3.8, 4) is 0 Å². The number of alkyl halides is 3. The fourth-order valence-corrected chi connectivity index (χ4v) is 3.03. The predicted molar refractivity (Wildman–Crippen MR) is 74.3 cm³/mol. The molecule has 4 heteroatoms. The molecule has 1 saturated carbocycles. The summed E-state index contributed by atoms with van der Waals surface area (Å²) in [5, 5.41) is 3.52. The molecule has 1 aliphatic rings. The van der Waals surface area contributed by atoms with Crippen molar-refractivity contribution >= 4 is 0 Å². The van der Waals surface area contributed by atoms with Crippen LogP contribution in [0.3, 0.4) is 0 Å². The molecule has 0 amide bonds. The minimum absolute atomic E-state index is 0.510. The third-order valence-electron chi connectivity index (χ3n) is 4.28. The normalized spacial score (nSPS) is 23.8. The fraction of sp³-hybridized carbons (Fsp3) is 0.625. The van der Waals surface area contributed by atoms with Crippen molar-refractivity contribution in [3.63, 3.8) is 0 Å². The predicted octanol–water partition coefficient (Wildman–Crippen LogP) is 4.76. The average Bonchev–Trinajstić information content (AvgIpc) is 2.45. The molecule has 0 heterocycles. The molecule has 1 aromatic rings. The van der Waals surface area contributed by atoms with Gasteiger partial charge in [-0.25, -0.2) is 0 Å². The molecule has 0 aliphatic heterocycles. The molecule has 2 unspecified atom stereocenters. The highest BCUT2D eigenvalue weighted by Crippen LogP contribution is 2.29. The summed E-state index contributed by atoms with van der Waals surface area (Å²) in [5.74, 6) is 0.707. The molecule has 0 radical (unpaired) electrons. The van der Waals surface area contributed by atoms with Crippen LogP contribution in [0.15, 0.2) is 24.3 Å². The lowest BCUT2D eigenvalue weighted by Gasteiger charge is -2.31. The Labute approximate surface area is 118 Å². The summed E-state index contributed by atoms with van der Waals surface area (Å²) in [6, 6.07) is 5.97. The van der Waals surface area contributed by atoms with E-state index in [1.807, 2.05) is 0 Å². The van der Waals surface area contributed by atoms with Gasteiger partial charge in [-0.3, -0.25) is 0 Å². The largest absolute Gasteiger partial charge is 0.416 e. The van der Waals surface area contributed by atoms with Crippen LogP contribution in [0, 0.1) is 5.92 Å². The molecule has 0 bridgehead atoms. The molecule has 112 valence electrons. The number of benzene rings is 1. The summed E-state index contributed by atoms with van der Waals surface area (Å²) < 4.78 is 37.4. The van der Waals surface area contributed by atoms with E-state index in [0.717, 1.165) is 17.7 Å². The van der Waals surface area contributed by atoms with Gasteiger partial charge >= 0.3 is 6.18 Å². The number of hydrogen-bond donors (Lipinski definition) is 1. The van der Waals surface area contributed by atoms with E-state index >= 15 is 0 Å². The Bertz CT molecular complexity index is 411. The molecule has 2 atom stereocenters. The molecule has 1 nitrogen and oxygen atoms in total. The van der Waals surface area contributed by atoms with Gasteiger partial charge in [0.25, 0.3) is 0 Å². The molecular weight excluding hydrogens is 263 g/mol. The van der Waals surface area contributed by atoms with E-state index < -0.39 is 11.7 Å². The minimum atomic E-state index is -4.25. The lowest BCUT2D eigenvalue weighted by atomic mass is 9.83. The van der Waals surface area contributed by atoms with Crippen LogP contribution in [-0.2, 0) is 12.7 Å². The van der Waals surface area contributed by atoms with Crippen molar-refractivity contribution in [1.82, 2.24) is 5.32 Å². The zero-order valence-electron chi connectivity index (χ0n) is 11.8. The first-order valence-corrected chi connectivity index (χ1v) is 7.40. The van der Waals surface area contributed by atoms with Crippen LogP contribution in [0.25, 0.3) is 0 Å². The second-order valence-electron chi connectivity index (χ2n) is 5.63. The zero-order valence-corrected chi connectivity index (χ0v) is 11.8. The molecule has 1 N–H and O–H groups in total. The van der Waals surface area contributed by atoms with Crippen molar-refractivity contribution in [2.75, 3.05) is 0 Å². The van der Waals surface area contributed by atoms with Gasteiger partial charge in [-0.05, 0) is 36.5 Å². The van der Waals surface area contributed by atoms with Gasteiger partial charge in [0.2, 0.25) is 0 Å². The Morgan fingerprint density at radius 3 is 2.35 bits per heavy atom. The Kier molecular flexibility index (Phi) is 5.08. The highest BCUT2D eigenvalue weighted by atomic mass is 19.4. The molecule has 20 heavy (non-hydrogen) atoms. The smallest absolute Gasteiger partial charge is 0.310 e. The lowest BCUT2D eigenvalue weighted by Crippen LogP contribution is -2.37. The SMILES string of the molecule is CCC1CCCCC1NCc1ccc(C(F)(F)F)cc1. The van der Waals surface area contributed by atoms with Crippen molar-refractivity contribution in [1.29, 1.82) is 0 Å². The van der Waals surface area contributed by atoms with Gasteiger partial charge < -0.3 is 5.32 Å². The fourth-order valence-electron chi connectivity index (χ4n) is 3.03. The number of halogens is 3. The summed E-state index contributed by atoms with van der Waals surface area (Å²) in [7, 11) is 0. The molecule has 1 fully saturated rings. The van der Waals surface area contributed by atoms with E-state index in [1.165, 1.54) is 32.1 Å². The van der Waals surface area contributed by atoms with Crippen LogP contribution in [0.4, 0.5) is 13.2 Å². The first-order chi connectivity index (χ1) is 9.50. The third-order valence-corrected chi connectivity index (χ3v) is 4.28. The van der Waals surface area contributed by atoms with Crippen molar-refractivity contribution in [2.45, 2.75) is 57.8 Å². The molecule has 0 spiro atoms. The summed E-state index contributed by atoms with van der Waals surface area (Å²) in [4.78, 5) is 0. The van der Waals surface area contributed by atoms with Crippen LogP contribution in [0.1, 0.15) is 50.2 Å². The van der Waals surface area contributed by atoms with Gasteiger partial charge in [-0.1, -0.05) is 38.3 Å². The third kappa shape index (κ3) is 3.98. The Morgan fingerprint density at radius 2 is 1.75 bits per heavy atom. The molecule has 1 aliphatic carbocycles. The Balaban J connectivity index is 1.90. The van der Waals surface area contributed by atoms with Gasteiger partial charge in [0.15, 0.2) is 0 Å². The van der Waals surface area contributed by atoms with Gasteiger partial charge in [-0.2, -0.15) is 13.2 Å². The van der Waals surface area contributed by atoms with Crippen molar-refractivity contribution < 1.29 is 13.2 Å². The van der Waals surface area contributed by atoms with Crippen molar-refractivity contribution in [3.05, 3.63) is 35.4 Å². The molecule has 0 aromatic heterocycles. The lowest BCUT2D eigenvalue weighted by molar-refractivity contribution is -0.137. The standard InChI is InChI=1S/C16H22F3N/c1-2-13-5-3-4-6-15(13)20-11-12-7-9-14(10-8-12)16(17,18)19/h7-10,13,15,20H,2-6,11H2,1H3. The summed E-state index contributed by atoms with van der Waals surface area (Å²) in [6.45, 7) is 2.86. The van der Waals surface area contributed by atoms with Gasteiger partial charge in [0, 0.05) is 12.6 Å². The first-order valence-electron chi connectivity index (χ1n) is 7.40. The summed E-state index contributed by atoms with van der Waals surface area (Å²) in [5.41, 5.74) is 0.337. The highest BCUT2D eigenvalue weighted by molar-refractivity contribution is 5.24. The maximum atomic E-state index is 12.5. The number of nitrogens with one attached hydrogen (secondary N) is 1. The Hall–Kier alpha value is -1.03. The van der Waals surface area contributed by atoms with E-state index in [0.29, 0.717) is 18.5 Å². The van der Waals surface area contributed by atoms with Gasteiger partial charge in [0.1, 0.15) is 0 Å². The number of hydrogen-bond acceptors (Lipinski definition) is 1. The average molecular weight is 285 g/mol. The van der Waals surface area contributed by atoms with Crippen LogP contribution in [-0.4, -0.2) is 6.04 Å². The van der Waals surface area contributed by atoms with Gasteiger partial charge in [0.05, 0.1) is 5.56 Å². The maximum Gasteiger partial charge on any atom is 0.416 e. The number of rotatable bonds is 4. The molecule has 2 rings (SSSR count). The second-order valence-corrected chi connectivity index (χ2v) is 5.63. The van der Waals surface area contributed by atoms with Crippen LogP contribution in [0.5, 0.6) is 0 Å². The van der Waals surface area contributed by atoms with Crippen LogP contribution < -0.4 is 5.32 Å². The minimum Gasteiger partial charge on any atom is -0.310 e. The van der Waals surface area contributed by atoms with E-state index in [-0.39, 0.29) is 0 Å². The van der Waals surface area contributed by atoms with E-state index in [9.17, 15) is 13.2 Å². The quantitative estimate of drug-likeness (QED) is 0.840. The first kappa shape index (κ1) is 15.4. The topological polar surface area (TPSA) is 12.0 Å². The van der Waals surface area contributed by atoms with Crippen LogP contribution in [0.2, 0.25) is 0 Å². The zero-order chi connectivity index (χ0) is 14.6. The Morgan fingerprint density at radius 1 is 1.10 bits per heavy atom. The van der Waals surface area contributed by atoms with Gasteiger partial charge in [-0.15, -0.1) is 0 Å². The van der Waals surface area contributed by atoms with E-state index in [1.54, 1.807) is 12.1 Å². The van der Waals surface area contributed by atoms with E-state index in [2.05, 4.69) is 12.2 Å². The second kappa shape index (κ2) is 6.61. The van der Waals surface area contributed by atoms with Crippen LogP contribution >= 0.6 is 0 Å².